The van der Waals surface area contributed by atoms with Gasteiger partial charge in [0.1, 0.15) is 0 Å². The number of likely N-dealkylation sites (tertiary alicyclic amines) is 1. The van der Waals surface area contributed by atoms with Crippen LogP contribution < -0.4 is 10.6 Å². The van der Waals surface area contributed by atoms with Gasteiger partial charge in [0.05, 0.1) is 12.2 Å². The van der Waals surface area contributed by atoms with E-state index in [9.17, 15) is 9.59 Å². The number of nitrogens with one attached hydrogen (secondary N) is 2. The van der Waals surface area contributed by atoms with E-state index in [4.69, 9.17) is 0 Å². The third-order valence-corrected chi connectivity index (χ3v) is 4.09. The van der Waals surface area contributed by atoms with Gasteiger partial charge in [-0.25, -0.2) is 4.79 Å². The molecule has 7 heteroatoms. The number of amides is 3. The number of aryl methyl sites for hydroxylation is 2. The lowest BCUT2D eigenvalue weighted by molar-refractivity contribution is -0.128. The lowest BCUT2D eigenvalue weighted by Gasteiger charge is -2.16. The van der Waals surface area contributed by atoms with E-state index in [0.29, 0.717) is 25.6 Å². The Morgan fingerprint density at radius 1 is 1.45 bits per heavy atom. The average molecular weight is 305 g/mol. The van der Waals surface area contributed by atoms with Crippen LogP contribution in [0.3, 0.4) is 0 Å². The Balaban J connectivity index is 1.32. The molecule has 1 aromatic rings. The molecule has 1 aliphatic heterocycles. The van der Waals surface area contributed by atoms with Crippen molar-refractivity contribution in [2.75, 3.05) is 13.1 Å². The molecule has 0 bridgehead atoms. The van der Waals surface area contributed by atoms with Crippen molar-refractivity contribution in [2.45, 2.75) is 51.2 Å². The Morgan fingerprint density at radius 3 is 2.95 bits per heavy atom. The molecule has 3 rings (SSSR count). The molecule has 2 heterocycles. The molecule has 7 nitrogen and oxygen atoms in total. The number of carbonyl (C=O) groups is 2. The lowest BCUT2D eigenvalue weighted by atomic mass is 10.2. The van der Waals surface area contributed by atoms with Crippen molar-refractivity contribution in [3.8, 4) is 0 Å². The summed E-state index contributed by atoms with van der Waals surface area (Å²) >= 11 is 0. The van der Waals surface area contributed by atoms with Crippen LogP contribution in [0.5, 0.6) is 0 Å². The normalized spacial score (nSPS) is 21.2. The molecule has 0 spiro atoms. The van der Waals surface area contributed by atoms with Gasteiger partial charge in [0, 0.05) is 38.3 Å². The monoisotopic (exact) mass is 305 g/mol. The van der Waals surface area contributed by atoms with Crippen LogP contribution in [0.25, 0.3) is 0 Å². The van der Waals surface area contributed by atoms with Crippen molar-refractivity contribution in [3.05, 3.63) is 18.0 Å². The topological polar surface area (TPSA) is 79.3 Å². The summed E-state index contributed by atoms with van der Waals surface area (Å²) < 4.78 is 1.87. The van der Waals surface area contributed by atoms with Crippen molar-refractivity contribution < 1.29 is 9.59 Å². The fourth-order valence-corrected chi connectivity index (χ4v) is 2.84. The predicted octanol–water partition coefficient (Wildman–Crippen LogP) is 0.644. The van der Waals surface area contributed by atoms with Gasteiger partial charge in [-0.3, -0.25) is 9.48 Å². The number of urea groups is 1. The van der Waals surface area contributed by atoms with Gasteiger partial charge in [-0.05, 0) is 31.7 Å². The van der Waals surface area contributed by atoms with E-state index in [1.165, 1.54) is 0 Å². The summed E-state index contributed by atoms with van der Waals surface area (Å²) in [6, 6.07) is 0.189. The van der Waals surface area contributed by atoms with Crippen molar-refractivity contribution in [3.63, 3.8) is 0 Å². The molecule has 2 aliphatic rings. The highest BCUT2D eigenvalue weighted by atomic mass is 16.2. The number of nitrogens with zero attached hydrogens (tertiary/aromatic N) is 3. The SMILES string of the molecule is Cc1cnn(CCCNC(=O)NC2CC(=O)N(C3CC3)C2)c1. The molecule has 1 unspecified atom stereocenters. The molecule has 0 radical (unpaired) electrons. The second-order valence-corrected chi connectivity index (χ2v) is 6.21. The quantitative estimate of drug-likeness (QED) is 0.757. The number of aromatic nitrogens is 2. The summed E-state index contributed by atoms with van der Waals surface area (Å²) in [6.07, 6.45) is 7.28. The minimum Gasteiger partial charge on any atom is -0.338 e. The Labute approximate surface area is 130 Å². The first-order chi connectivity index (χ1) is 10.6. The number of hydrogen-bond acceptors (Lipinski definition) is 3. The van der Waals surface area contributed by atoms with Crippen molar-refractivity contribution in [1.82, 2.24) is 25.3 Å². The van der Waals surface area contributed by atoms with Crippen LogP contribution in [-0.2, 0) is 11.3 Å². The molecule has 0 aromatic carbocycles. The van der Waals surface area contributed by atoms with E-state index >= 15 is 0 Å². The van der Waals surface area contributed by atoms with Gasteiger partial charge in [0.2, 0.25) is 5.91 Å². The van der Waals surface area contributed by atoms with E-state index < -0.39 is 0 Å². The molecular weight excluding hydrogens is 282 g/mol. The highest BCUT2D eigenvalue weighted by Crippen LogP contribution is 2.30. The van der Waals surface area contributed by atoms with Crippen LogP contribution in [0.2, 0.25) is 0 Å². The maximum Gasteiger partial charge on any atom is 0.315 e. The average Bonchev–Trinajstić information content (AvgIpc) is 3.13. The van der Waals surface area contributed by atoms with Gasteiger partial charge in [-0.1, -0.05) is 0 Å². The molecule has 22 heavy (non-hydrogen) atoms. The molecule has 1 atom stereocenters. The van der Waals surface area contributed by atoms with Gasteiger partial charge in [-0.2, -0.15) is 5.10 Å². The fourth-order valence-electron chi connectivity index (χ4n) is 2.84. The second kappa shape index (κ2) is 6.37. The van der Waals surface area contributed by atoms with Gasteiger partial charge in [0.15, 0.2) is 0 Å². The van der Waals surface area contributed by atoms with Crippen LogP contribution in [0.1, 0.15) is 31.2 Å². The Kier molecular flexibility index (Phi) is 4.31. The molecule has 1 aromatic heterocycles. The van der Waals surface area contributed by atoms with Crippen molar-refractivity contribution in [2.24, 2.45) is 0 Å². The number of rotatable bonds is 6. The molecule has 3 amide bonds. The van der Waals surface area contributed by atoms with Crippen molar-refractivity contribution in [1.29, 1.82) is 0 Å². The summed E-state index contributed by atoms with van der Waals surface area (Å²) in [4.78, 5) is 25.6. The zero-order valence-electron chi connectivity index (χ0n) is 12.9. The summed E-state index contributed by atoms with van der Waals surface area (Å²) in [7, 11) is 0. The first-order valence-corrected chi connectivity index (χ1v) is 7.95. The third kappa shape index (κ3) is 3.78. The summed E-state index contributed by atoms with van der Waals surface area (Å²) in [6.45, 7) is 4.04. The summed E-state index contributed by atoms with van der Waals surface area (Å²) in [5, 5.41) is 9.93. The van der Waals surface area contributed by atoms with Gasteiger partial charge < -0.3 is 15.5 Å². The number of carbonyl (C=O) groups excluding carboxylic acids is 2. The van der Waals surface area contributed by atoms with E-state index in [0.717, 1.165) is 31.4 Å². The second-order valence-electron chi connectivity index (χ2n) is 6.21. The zero-order valence-corrected chi connectivity index (χ0v) is 12.9. The smallest absolute Gasteiger partial charge is 0.315 e. The lowest BCUT2D eigenvalue weighted by Crippen LogP contribution is -2.43. The molecule has 1 saturated carbocycles. The van der Waals surface area contributed by atoms with Crippen molar-refractivity contribution >= 4 is 11.9 Å². The Bertz CT molecular complexity index is 552. The standard InChI is InChI=1S/C15H23N5O2/c1-11-8-17-19(9-11)6-2-5-16-15(22)18-12-7-14(21)20(10-12)13-3-4-13/h8-9,12-13H,2-7,10H2,1H3,(H2,16,18,22). The summed E-state index contributed by atoms with van der Waals surface area (Å²) in [5.41, 5.74) is 1.14. The fraction of sp³-hybridized carbons (Fsp3) is 0.667. The molecule has 120 valence electrons. The highest BCUT2D eigenvalue weighted by molar-refractivity contribution is 5.82. The molecule has 2 N–H and O–H groups in total. The Hall–Kier alpha value is -2.05. The first kappa shape index (κ1) is 14.9. The maximum absolute atomic E-state index is 11.8. The van der Waals surface area contributed by atoms with E-state index in [2.05, 4.69) is 15.7 Å². The van der Waals surface area contributed by atoms with Crippen LogP contribution in [0.15, 0.2) is 12.4 Å². The van der Waals surface area contributed by atoms with E-state index in [-0.39, 0.29) is 18.0 Å². The maximum atomic E-state index is 11.8. The van der Waals surface area contributed by atoms with Gasteiger partial charge in [-0.15, -0.1) is 0 Å². The van der Waals surface area contributed by atoms with E-state index in [1.807, 2.05) is 28.9 Å². The zero-order chi connectivity index (χ0) is 15.5. The Morgan fingerprint density at radius 2 is 2.27 bits per heavy atom. The van der Waals surface area contributed by atoms with Crippen LogP contribution in [0.4, 0.5) is 4.79 Å². The molecule has 1 saturated heterocycles. The number of hydrogen-bond donors (Lipinski definition) is 2. The molecular formula is C15H23N5O2. The largest absolute Gasteiger partial charge is 0.338 e. The minimum atomic E-state index is -0.188. The summed E-state index contributed by atoms with van der Waals surface area (Å²) in [5.74, 6) is 0.168. The predicted molar refractivity (Wildman–Crippen MR) is 81.3 cm³/mol. The third-order valence-electron chi connectivity index (χ3n) is 4.09. The van der Waals surface area contributed by atoms with Gasteiger partial charge in [0.25, 0.3) is 0 Å². The molecule has 2 fully saturated rings. The van der Waals surface area contributed by atoms with E-state index in [1.54, 1.807) is 0 Å². The van der Waals surface area contributed by atoms with Crippen LogP contribution in [-0.4, -0.2) is 51.8 Å². The van der Waals surface area contributed by atoms with Gasteiger partial charge >= 0.3 is 6.03 Å². The van der Waals surface area contributed by atoms with Crippen LogP contribution in [0, 0.1) is 6.92 Å². The minimum absolute atomic E-state index is 0.0538. The van der Waals surface area contributed by atoms with Crippen LogP contribution >= 0.6 is 0 Å². The highest BCUT2D eigenvalue weighted by Gasteiger charge is 2.39. The first-order valence-electron chi connectivity index (χ1n) is 7.95. The molecule has 1 aliphatic carbocycles.